The van der Waals surface area contributed by atoms with Gasteiger partial charge >= 0.3 is 0 Å². The molecule has 0 radical (unpaired) electrons. The summed E-state index contributed by atoms with van der Waals surface area (Å²) in [4.78, 5) is 3.55. The highest BCUT2D eigenvalue weighted by Gasteiger charge is 1.74. The summed E-state index contributed by atoms with van der Waals surface area (Å²) in [6, 6.07) is 0. The van der Waals surface area contributed by atoms with Crippen LogP contribution in [0, 0.1) is 0 Å². The maximum Gasteiger partial charge on any atom is 0.0882 e. The molecule has 0 amide bonds. The number of thiol groups is 1. The fraction of sp³-hybridized carbons (Fsp3) is 0.400. The van der Waals surface area contributed by atoms with Gasteiger partial charge in [0.25, 0.3) is 0 Å². The van der Waals surface area contributed by atoms with Gasteiger partial charge in [0, 0.05) is 0 Å². The van der Waals surface area contributed by atoms with Gasteiger partial charge in [-0.2, -0.15) is 0 Å². The van der Waals surface area contributed by atoms with Gasteiger partial charge in [0.05, 0.1) is 5.03 Å². The molecule has 0 atom stereocenters. The van der Waals surface area contributed by atoms with Gasteiger partial charge in [0.15, 0.2) is 0 Å². The van der Waals surface area contributed by atoms with Crippen LogP contribution in [0.3, 0.4) is 0 Å². The fourth-order valence-corrected chi connectivity index (χ4v) is 0.430. The summed E-state index contributed by atoms with van der Waals surface area (Å²) in [6.07, 6.45) is 2.87. The number of hydrogen-bond acceptors (Lipinski definition) is 2. The van der Waals surface area contributed by atoms with Crippen LogP contribution in [0.2, 0.25) is 0 Å². The molecule has 7 heavy (non-hydrogen) atoms. The standard InChI is InChI=1S/C5H9NS/c1-3-4-5(7)6-2/h4,7H,2-3H2,1H3/b5-4+. The van der Waals surface area contributed by atoms with Gasteiger partial charge in [-0.3, -0.25) is 4.99 Å². The minimum absolute atomic E-state index is 0.711. The van der Waals surface area contributed by atoms with Crippen molar-refractivity contribution in [3.63, 3.8) is 0 Å². The van der Waals surface area contributed by atoms with E-state index in [-0.39, 0.29) is 0 Å². The topological polar surface area (TPSA) is 12.4 Å². The Morgan fingerprint density at radius 1 is 2.00 bits per heavy atom. The lowest BCUT2D eigenvalue weighted by molar-refractivity contribution is 1.21. The lowest BCUT2D eigenvalue weighted by Crippen LogP contribution is -1.59. The van der Waals surface area contributed by atoms with E-state index >= 15 is 0 Å². The molecular formula is C5H9NS. The molecule has 0 aromatic heterocycles. The van der Waals surface area contributed by atoms with Crippen LogP contribution in [-0.4, -0.2) is 6.72 Å². The van der Waals surface area contributed by atoms with E-state index in [0.29, 0.717) is 5.03 Å². The molecule has 0 aliphatic carbocycles. The monoisotopic (exact) mass is 115 g/mol. The molecule has 1 nitrogen and oxygen atoms in total. The maximum absolute atomic E-state index is 3.94. The largest absolute Gasteiger partial charge is 0.258 e. The van der Waals surface area contributed by atoms with Gasteiger partial charge in [-0.05, 0) is 13.1 Å². The molecule has 40 valence electrons. The van der Waals surface area contributed by atoms with E-state index in [9.17, 15) is 0 Å². The molecule has 0 bridgehead atoms. The maximum atomic E-state index is 3.94. The summed E-state index contributed by atoms with van der Waals surface area (Å²) in [5.74, 6) is 0. The van der Waals surface area contributed by atoms with Crippen molar-refractivity contribution in [3.8, 4) is 0 Å². The van der Waals surface area contributed by atoms with Crippen LogP contribution in [-0.2, 0) is 0 Å². The Morgan fingerprint density at radius 3 is 2.71 bits per heavy atom. The molecule has 0 aromatic rings. The summed E-state index contributed by atoms with van der Waals surface area (Å²) < 4.78 is 0. The summed E-state index contributed by atoms with van der Waals surface area (Å²) >= 11 is 3.94. The Hall–Kier alpha value is -0.240. The first-order valence-corrected chi connectivity index (χ1v) is 2.61. The molecule has 0 aliphatic heterocycles. The summed E-state index contributed by atoms with van der Waals surface area (Å²) in [6.45, 7) is 5.31. The van der Waals surface area contributed by atoms with Gasteiger partial charge in [-0.1, -0.05) is 13.0 Å². The second-order valence-corrected chi connectivity index (χ2v) is 1.59. The van der Waals surface area contributed by atoms with Crippen LogP contribution in [0.15, 0.2) is 16.1 Å². The van der Waals surface area contributed by atoms with Gasteiger partial charge in [0.1, 0.15) is 0 Å². The Morgan fingerprint density at radius 2 is 2.57 bits per heavy atom. The minimum atomic E-state index is 0.711. The van der Waals surface area contributed by atoms with Crippen molar-refractivity contribution in [3.05, 3.63) is 11.1 Å². The fourth-order valence-electron chi connectivity index (χ4n) is 0.247. The third kappa shape index (κ3) is 3.59. The van der Waals surface area contributed by atoms with Crippen molar-refractivity contribution in [2.75, 3.05) is 0 Å². The van der Waals surface area contributed by atoms with E-state index in [0.717, 1.165) is 6.42 Å². The Kier molecular flexibility index (Phi) is 3.80. The highest BCUT2D eigenvalue weighted by atomic mass is 32.1. The Balaban J connectivity index is 3.49. The Bertz CT molecular complexity index is 86.1. The zero-order chi connectivity index (χ0) is 5.70. The average Bonchev–Trinajstić information content (AvgIpc) is 1.68. The second kappa shape index (κ2) is 3.93. The first-order chi connectivity index (χ1) is 3.31. The zero-order valence-corrected chi connectivity index (χ0v) is 5.28. The minimum Gasteiger partial charge on any atom is -0.258 e. The van der Waals surface area contributed by atoms with E-state index in [1.54, 1.807) is 0 Å². The normalized spacial score (nSPS) is 11.4. The SMILES string of the molecule is C=N/C(S)=C\CC. The predicted octanol–water partition coefficient (Wildman–Crippen LogP) is 1.87. The molecule has 0 rings (SSSR count). The predicted molar refractivity (Wildman–Crippen MR) is 36.9 cm³/mol. The van der Waals surface area contributed by atoms with Crippen LogP contribution in [0.4, 0.5) is 0 Å². The molecule has 2 heteroatoms. The second-order valence-electron chi connectivity index (χ2n) is 1.13. The molecular weight excluding hydrogens is 106 g/mol. The van der Waals surface area contributed by atoms with Crippen molar-refractivity contribution < 1.29 is 0 Å². The van der Waals surface area contributed by atoms with Crippen LogP contribution >= 0.6 is 12.6 Å². The molecule has 0 N–H and O–H groups in total. The van der Waals surface area contributed by atoms with Crippen molar-refractivity contribution >= 4 is 19.3 Å². The molecule has 0 spiro atoms. The van der Waals surface area contributed by atoms with Crippen LogP contribution in [0.1, 0.15) is 13.3 Å². The summed E-state index contributed by atoms with van der Waals surface area (Å²) in [5, 5.41) is 0.711. The number of hydrogen-bond donors (Lipinski definition) is 1. The van der Waals surface area contributed by atoms with Crippen molar-refractivity contribution in [2.24, 2.45) is 4.99 Å². The van der Waals surface area contributed by atoms with Gasteiger partial charge in [-0.25, -0.2) is 0 Å². The lowest BCUT2D eigenvalue weighted by Gasteiger charge is -1.82. The van der Waals surface area contributed by atoms with E-state index in [2.05, 4.69) is 24.3 Å². The highest BCUT2D eigenvalue weighted by molar-refractivity contribution is 7.84. The first-order valence-electron chi connectivity index (χ1n) is 2.17. The summed E-state index contributed by atoms with van der Waals surface area (Å²) in [5.41, 5.74) is 0. The number of rotatable bonds is 2. The molecule has 0 saturated heterocycles. The smallest absolute Gasteiger partial charge is 0.0882 e. The van der Waals surface area contributed by atoms with Gasteiger partial charge in [0.2, 0.25) is 0 Å². The highest BCUT2D eigenvalue weighted by Crippen LogP contribution is 2.00. The molecule has 0 saturated carbocycles. The summed E-state index contributed by atoms with van der Waals surface area (Å²) in [7, 11) is 0. The van der Waals surface area contributed by atoms with E-state index in [1.165, 1.54) is 0 Å². The molecule has 0 heterocycles. The van der Waals surface area contributed by atoms with Crippen LogP contribution in [0.25, 0.3) is 0 Å². The van der Waals surface area contributed by atoms with Gasteiger partial charge in [-0.15, -0.1) is 12.6 Å². The number of nitrogens with zero attached hydrogens (tertiary/aromatic N) is 1. The number of aliphatic imine (C=N–C) groups is 1. The van der Waals surface area contributed by atoms with Crippen LogP contribution < -0.4 is 0 Å². The van der Waals surface area contributed by atoms with E-state index < -0.39 is 0 Å². The lowest BCUT2D eigenvalue weighted by atomic mass is 10.5. The third-order valence-corrected chi connectivity index (χ3v) is 0.873. The average molecular weight is 115 g/mol. The number of allylic oxidation sites excluding steroid dienone is 1. The van der Waals surface area contributed by atoms with Crippen molar-refractivity contribution in [1.29, 1.82) is 0 Å². The molecule has 0 aliphatic rings. The third-order valence-electron chi connectivity index (χ3n) is 0.549. The quantitative estimate of drug-likeness (QED) is 0.416. The first kappa shape index (κ1) is 6.76. The van der Waals surface area contributed by atoms with E-state index in [4.69, 9.17) is 0 Å². The molecule has 0 fully saturated rings. The Labute approximate surface area is 49.6 Å². The van der Waals surface area contributed by atoms with Crippen LogP contribution in [0.5, 0.6) is 0 Å². The van der Waals surface area contributed by atoms with E-state index in [1.807, 2.05) is 13.0 Å². The van der Waals surface area contributed by atoms with Crippen molar-refractivity contribution in [2.45, 2.75) is 13.3 Å². The molecule has 0 aromatic carbocycles. The molecule has 0 unspecified atom stereocenters. The van der Waals surface area contributed by atoms with Crippen molar-refractivity contribution in [1.82, 2.24) is 0 Å². The zero-order valence-electron chi connectivity index (χ0n) is 4.39. The van der Waals surface area contributed by atoms with Gasteiger partial charge < -0.3 is 0 Å².